The van der Waals surface area contributed by atoms with Crippen LogP contribution in [0.2, 0.25) is 10.0 Å². The monoisotopic (exact) mass is 1690 g/mol. The van der Waals surface area contributed by atoms with Crippen LogP contribution < -0.4 is 51.4 Å². The number of carbonyl (C=O) groups excluding carboxylic acids is 7. The number of aliphatic carboxylic acids is 1. The number of halogens is 2. The van der Waals surface area contributed by atoms with Crippen molar-refractivity contribution < 1.29 is 138 Å². The lowest BCUT2D eigenvalue weighted by Crippen LogP contribution is -2.65. The number of carboxylic acid groups (broad SMARTS) is 1. The fraction of sp³-hybridized carbons (Fsp3) is 0.275. The molecule has 2 saturated heterocycles. The number of carboxylic acids is 1. The van der Waals surface area contributed by atoms with E-state index in [0.29, 0.717) is 10.8 Å². The molecule has 0 radical (unpaired) electrons. The number of benzene rings is 8. The normalized spacial score (nSPS) is 26.9. The van der Waals surface area contributed by atoms with Crippen molar-refractivity contribution in [2.24, 2.45) is 0 Å². The number of amides is 7. The van der Waals surface area contributed by atoms with Gasteiger partial charge in [0, 0.05) is 59.1 Å². The first kappa shape index (κ1) is 81.9. The molecular weight excluding hydrogens is 1620 g/mol. The van der Waals surface area contributed by atoms with Gasteiger partial charge in [0.1, 0.15) is 137 Å². The molecule has 0 aliphatic carbocycles. The number of carbonyl (C=O) groups is 8. The van der Waals surface area contributed by atoms with Gasteiger partial charge in [0.25, 0.3) is 0 Å². The number of phenols is 6. The van der Waals surface area contributed by atoms with E-state index >= 15 is 28.8 Å². The van der Waals surface area contributed by atoms with Gasteiger partial charge in [0.05, 0.1) is 28.3 Å². The third kappa shape index (κ3) is 16.0. The highest BCUT2D eigenvalue weighted by Gasteiger charge is 2.51. The third-order valence-corrected chi connectivity index (χ3v) is 22.8. The Bertz CT molecular complexity index is 5620. The first-order valence-corrected chi connectivity index (χ1v) is 38.2. The molecule has 0 spiro atoms. The summed E-state index contributed by atoms with van der Waals surface area (Å²) >= 11 is 15.1. The van der Waals surface area contributed by atoms with Gasteiger partial charge in [-0.3, -0.25) is 33.6 Å². The molecule has 0 unspecified atom stereocenters. The second-order valence-electron chi connectivity index (χ2n) is 28.8. The molecule has 9 aromatic rings. The van der Waals surface area contributed by atoms with Crippen LogP contribution in [0.5, 0.6) is 69.0 Å². The van der Waals surface area contributed by atoms with E-state index in [1.807, 2.05) is 0 Å². The average molecular weight is 1700 g/mol. The third-order valence-electron chi connectivity index (χ3n) is 20.9. The Morgan fingerprint density at radius 2 is 1.15 bits per heavy atom. The quantitative estimate of drug-likeness (QED) is 0.0984. The van der Waals surface area contributed by atoms with Crippen molar-refractivity contribution in [2.45, 2.75) is 127 Å². The lowest BCUT2D eigenvalue weighted by Gasteiger charge is -2.44. The second kappa shape index (κ2) is 32.9. The lowest BCUT2D eigenvalue weighted by atomic mass is 9.89. The van der Waals surface area contributed by atoms with E-state index in [0.717, 1.165) is 91.5 Å². The van der Waals surface area contributed by atoms with E-state index in [9.17, 15) is 81.1 Å². The Kier molecular flexibility index (Phi) is 22.7. The van der Waals surface area contributed by atoms with Gasteiger partial charge in [-0.1, -0.05) is 83.5 Å². The van der Waals surface area contributed by atoms with Crippen molar-refractivity contribution in [3.8, 4) is 80.1 Å². The van der Waals surface area contributed by atoms with Crippen molar-refractivity contribution in [3.05, 3.63) is 195 Å². The van der Waals surface area contributed by atoms with E-state index in [1.165, 1.54) is 47.0 Å². The summed E-state index contributed by atoms with van der Waals surface area (Å²) in [6.45, 7) is -0.802. The molecule has 2 fully saturated rings. The van der Waals surface area contributed by atoms with Crippen molar-refractivity contribution in [1.29, 1.82) is 0 Å². The van der Waals surface area contributed by atoms with Crippen LogP contribution in [0.15, 0.2) is 151 Å². The van der Waals surface area contributed by atoms with Crippen molar-refractivity contribution in [3.63, 3.8) is 0 Å². The highest BCUT2D eigenvalue weighted by atomic mass is 35.5. The smallest absolute Gasteiger partial charge is 0.330 e. The van der Waals surface area contributed by atoms with Gasteiger partial charge >= 0.3 is 5.97 Å². The predicted molar refractivity (Wildman–Crippen MR) is 412 cm³/mol. The Morgan fingerprint density at radius 3 is 1.83 bits per heavy atom. The molecule has 36 nitrogen and oxygen atoms in total. The van der Waals surface area contributed by atoms with Crippen LogP contribution in [0, 0.1) is 0 Å². The van der Waals surface area contributed by atoms with Gasteiger partial charge < -0.3 is 142 Å². The predicted octanol–water partition coefficient (Wildman–Crippen LogP) is 3.39. The minimum atomic E-state index is -2.43. The van der Waals surface area contributed by atoms with Gasteiger partial charge in [-0.05, 0) is 112 Å². The zero-order valence-electron chi connectivity index (χ0n) is 61.5. The van der Waals surface area contributed by atoms with E-state index in [-0.39, 0.29) is 49.6 Å². The number of fused-ring (bicyclic) bond motifs is 15. The molecular formula is C80H72Cl2N8O28S. The summed E-state index contributed by atoms with van der Waals surface area (Å²) in [6, 6.07) is 10.7. The minimum absolute atomic E-state index is 0.0413. The molecule has 8 aromatic carbocycles. The Morgan fingerprint density at radius 1 is 0.546 bits per heavy atom. The average Bonchev–Trinajstić information content (AvgIpc) is 1.73. The maximum absolute atomic E-state index is 16.4. The van der Waals surface area contributed by atoms with Crippen molar-refractivity contribution >= 4 is 93.1 Å². The Labute approximate surface area is 685 Å². The zero-order valence-corrected chi connectivity index (χ0v) is 63.8. The number of rotatable bonds is 9. The van der Waals surface area contributed by atoms with Crippen LogP contribution in [-0.2, 0) is 59.0 Å². The fourth-order valence-electron chi connectivity index (χ4n) is 15.1. The standard InChI is InChI=1S/C80H72Cl2N8O28S/c1-29(93)83-61-67(102)65(100)54(27-91)116-79(61)118-70-33-9-13-50(44(82)19-33)115-53-22-36-21-52(64(53)99)114-49-12-6-30(14-43(49)81)15-45-71(105)85-58(73(107)87-59(36)74(108)86-57-31-7-10-46(96)41(18-31)56-42(24-38(95)25-48(56)98)60(78(111)112)88-75(109)62(70)89-72(57)106)35-16-37(94)23-39(17-35)113-51-20-32(8-11-47(51)97)63(76(110)84-45)90-26-34-4-2-3-5-40(34)77(90)119-80-69(104)68(103)66(101)55(28-92)117-80/h2-14,16-26,45,54-55,57-63,65-70,79-80,91-92,94-104H,15,27-28H2,1H3,(H,83,93)(H,84,110)(H,85,105)(H,86,108)(H,87,107)(H,88,109)(H,89,106)(H,111,112)/t45-,54-,55-,57-,58+,59-,60+,61-,62+,63-,65-,66-,67-,68+,69-,70-,79+,80+/m1/s1. The van der Waals surface area contributed by atoms with E-state index in [2.05, 4.69) is 37.2 Å². The first-order valence-electron chi connectivity index (χ1n) is 36.5. The van der Waals surface area contributed by atoms with Gasteiger partial charge in [-0.25, -0.2) is 4.79 Å². The number of aromatic nitrogens is 1. The molecule has 620 valence electrons. The molecule has 39 heteroatoms. The van der Waals surface area contributed by atoms with Crippen LogP contribution in [0.4, 0.5) is 0 Å². The number of ether oxygens (including phenoxy) is 6. The van der Waals surface area contributed by atoms with Crippen molar-refractivity contribution in [2.75, 3.05) is 13.2 Å². The van der Waals surface area contributed by atoms with Crippen molar-refractivity contribution in [1.82, 2.24) is 41.8 Å². The van der Waals surface area contributed by atoms with Crippen LogP contribution in [-0.4, -0.2) is 209 Å². The van der Waals surface area contributed by atoms with Gasteiger partial charge in [-0.15, -0.1) is 0 Å². The minimum Gasteiger partial charge on any atom is -0.508 e. The topological polar surface area (TPSA) is 564 Å². The lowest BCUT2D eigenvalue weighted by molar-refractivity contribution is -0.284. The summed E-state index contributed by atoms with van der Waals surface area (Å²) in [4.78, 5) is 123. The molecule has 17 rings (SSSR count). The number of nitrogens with one attached hydrogen (secondary N) is 7. The molecule has 0 saturated carbocycles. The van der Waals surface area contributed by atoms with Gasteiger partial charge in [0.15, 0.2) is 35.3 Å². The molecule has 21 N–H and O–H groups in total. The largest absolute Gasteiger partial charge is 0.508 e. The maximum atomic E-state index is 16.4. The number of aliphatic hydroxyl groups is 7. The van der Waals surface area contributed by atoms with Crippen LogP contribution in [0.25, 0.3) is 21.9 Å². The van der Waals surface area contributed by atoms with E-state index in [4.69, 9.17) is 51.6 Å². The van der Waals surface area contributed by atoms with Crippen LogP contribution in [0.1, 0.15) is 82.2 Å². The number of thioether (sulfide) groups is 1. The molecule has 17 bridgehead atoms. The summed E-state index contributed by atoms with van der Waals surface area (Å²) in [6.07, 6.45) is -15.7. The maximum Gasteiger partial charge on any atom is 0.330 e. The Hall–Kier alpha value is -12.2. The molecule has 9 heterocycles. The molecule has 119 heavy (non-hydrogen) atoms. The SMILES string of the molecule is CC(=O)N[C@H]1[C@H](O[C@@H]2c3ccc(c(Cl)c3)Oc3cc4cc(c3O)Oc3ccc(cc3Cl)C[C@H]3NC(=O)[C@H](n5cc6ccccc6c5S[C@@H]5O[C@H](CO)[C@@H](O)[C@H](O)[C@H]5O)c5ccc(O)c(c5)Oc5cc(O)cc(c5)[C@H](NC3=O)C(=O)N[C@H]4C(=O)N[C@H]3C(=O)N[C@@H]2C(=O)N[C@H](C(=O)O)c2cc(O)cc(O)c2-c2cc3ccc2O)O[C@H](CO)[C@@H](O)[C@@H]1O. The fourth-order valence-corrected chi connectivity index (χ4v) is 16.9. The number of nitrogens with zero attached hydrogens (tertiary/aromatic N) is 1. The summed E-state index contributed by atoms with van der Waals surface area (Å²) < 4.78 is 39.1. The molecule has 8 aliphatic heterocycles. The Balaban J connectivity index is 0.914. The van der Waals surface area contributed by atoms with Crippen LogP contribution in [0.3, 0.4) is 0 Å². The van der Waals surface area contributed by atoms with Gasteiger partial charge in [0.2, 0.25) is 47.1 Å². The first-order chi connectivity index (χ1) is 56.8. The summed E-state index contributed by atoms with van der Waals surface area (Å²) in [5, 5.41) is 177. The van der Waals surface area contributed by atoms with Crippen LogP contribution >= 0.6 is 35.0 Å². The molecule has 8 aliphatic rings. The van der Waals surface area contributed by atoms with E-state index < -0.39 is 260 Å². The van der Waals surface area contributed by atoms with E-state index in [1.54, 1.807) is 30.5 Å². The highest BCUT2D eigenvalue weighted by Crippen LogP contribution is 2.50. The number of aromatic hydroxyl groups is 6. The number of aliphatic hydroxyl groups excluding tert-OH is 7. The highest BCUT2D eigenvalue weighted by molar-refractivity contribution is 8.00. The van der Waals surface area contributed by atoms with Gasteiger partial charge in [-0.2, -0.15) is 0 Å². The molecule has 18 atom stereocenters. The zero-order chi connectivity index (χ0) is 84.6. The number of hydrogen-bond acceptors (Lipinski definition) is 28. The number of hydrogen-bond donors (Lipinski definition) is 21. The summed E-state index contributed by atoms with van der Waals surface area (Å²) in [5.74, 6) is -18.0. The molecule has 7 amide bonds. The number of phenolic OH excluding ortho intramolecular Hbond substituents is 6. The second-order valence-corrected chi connectivity index (χ2v) is 30.7. The molecule has 1 aromatic heterocycles. The summed E-state index contributed by atoms with van der Waals surface area (Å²) in [7, 11) is 0. The summed E-state index contributed by atoms with van der Waals surface area (Å²) in [5.41, 5.74) is -4.45.